The van der Waals surface area contributed by atoms with E-state index in [0.29, 0.717) is 25.7 Å². The van der Waals surface area contributed by atoms with Crippen molar-refractivity contribution in [1.82, 2.24) is 10.3 Å². The Hall–Kier alpha value is -3.91. The number of carbonyl (C=O) groups is 2. The molecule has 0 bridgehead atoms. The maximum Gasteiger partial charge on any atom is 0.416 e. The molecule has 0 spiro atoms. The van der Waals surface area contributed by atoms with Crippen molar-refractivity contribution in [2.24, 2.45) is 5.73 Å². The number of carbonyl (C=O) groups excluding carboxylic acids is 2. The molecule has 1 radical (unpaired) electrons. The Bertz CT molecular complexity index is 1040. The number of pyridine rings is 1. The molecular formula is C26H32BF3N5O2. The second kappa shape index (κ2) is 18.4. The summed E-state index contributed by atoms with van der Waals surface area (Å²) in [7, 11) is 3.12. The van der Waals surface area contributed by atoms with E-state index in [-0.39, 0.29) is 12.5 Å². The third-order valence-electron chi connectivity index (χ3n) is 4.72. The van der Waals surface area contributed by atoms with Gasteiger partial charge in [0.2, 0.25) is 5.91 Å². The summed E-state index contributed by atoms with van der Waals surface area (Å²) in [4.78, 5) is 25.5. The first kappa shape index (κ1) is 33.1. The summed E-state index contributed by atoms with van der Waals surface area (Å²) in [5.74, 6) is 1.05. The summed E-state index contributed by atoms with van der Waals surface area (Å²) in [6, 6.07) is 7.04. The van der Waals surface area contributed by atoms with E-state index < -0.39 is 17.6 Å². The molecule has 0 aliphatic rings. The summed E-state index contributed by atoms with van der Waals surface area (Å²) in [6.07, 6.45) is 2.86. The van der Waals surface area contributed by atoms with Gasteiger partial charge in [-0.05, 0) is 56.6 Å². The summed E-state index contributed by atoms with van der Waals surface area (Å²) in [6.45, 7) is 9.58. The molecule has 0 aliphatic heterocycles. The van der Waals surface area contributed by atoms with Crippen molar-refractivity contribution in [2.45, 2.75) is 31.8 Å². The Morgan fingerprint density at radius 2 is 1.92 bits per heavy atom. The number of hydrogen-bond acceptors (Lipinski definition) is 6. The van der Waals surface area contributed by atoms with Crippen LogP contribution in [0, 0.1) is 18.2 Å². The Morgan fingerprint density at radius 1 is 1.27 bits per heavy atom. The molecule has 0 saturated heterocycles. The number of nitriles is 1. The van der Waals surface area contributed by atoms with E-state index in [9.17, 15) is 22.8 Å². The zero-order valence-electron chi connectivity index (χ0n) is 21.0. The fraction of sp³-hybridized carbons (Fsp3) is 0.308. The van der Waals surface area contributed by atoms with Crippen LogP contribution in [0.15, 0.2) is 49.7 Å². The minimum Gasteiger partial charge on any atom is -0.387 e. The number of hydrogen-bond donors (Lipinski definition) is 3. The van der Waals surface area contributed by atoms with E-state index in [1.807, 2.05) is 19.1 Å². The van der Waals surface area contributed by atoms with E-state index in [1.165, 1.54) is 19.4 Å². The lowest BCUT2D eigenvalue weighted by molar-refractivity contribution is -0.137. The smallest absolute Gasteiger partial charge is 0.387 e. The third-order valence-corrected chi connectivity index (χ3v) is 4.72. The molecular weight excluding hydrogens is 482 g/mol. The van der Waals surface area contributed by atoms with Crippen LogP contribution in [0.25, 0.3) is 12.2 Å². The SMILES string of the molecule is C=Cc1cc(NC)cnc1C=C.Cc1ccc(C(F)(F)F)cc1.N#C[B]C(CCCN)C(=O)NCC=O. The summed E-state index contributed by atoms with van der Waals surface area (Å²) >= 11 is 0. The van der Waals surface area contributed by atoms with Gasteiger partial charge in [-0.15, -0.1) is 0 Å². The van der Waals surface area contributed by atoms with E-state index in [1.54, 1.807) is 25.3 Å². The summed E-state index contributed by atoms with van der Waals surface area (Å²) in [5, 5.41) is 13.8. The molecule has 197 valence electrons. The molecule has 0 saturated carbocycles. The van der Waals surface area contributed by atoms with Gasteiger partial charge in [0.15, 0.2) is 0 Å². The predicted molar refractivity (Wildman–Crippen MR) is 143 cm³/mol. The molecule has 7 nitrogen and oxygen atoms in total. The fourth-order valence-electron chi connectivity index (χ4n) is 2.70. The number of alkyl halides is 3. The highest BCUT2D eigenvalue weighted by Crippen LogP contribution is 2.28. The molecule has 1 atom stereocenters. The minimum absolute atomic E-state index is 0.0166. The Kier molecular flexibility index (Phi) is 16.4. The molecule has 2 aromatic rings. The summed E-state index contributed by atoms with van der Waals surface area (Å²) in [5.41, 5.74) is 8.37. The van der Waals surface area contributed by atoms with Crippen molar-refractivity contribution < 1.29 is 22.8 Å². The number of rotatable bonds is 10. The number of aldehydes is 1. The van der Waals surface area contributed by atoms with E-state index in [2.05, 4.69) is 28.8 Å². The van der Waals surface area contributed by atoms with Crippen molar-refractivity contribution in [3.05, 3.63) is 72.1 Å². The molecule has 0 fully saturated rings. The highest BCUT2D eigenvalue weighted by atomic mass is 19.4. The van der Waals surface area contributed by atoms with Crippen molar-refractivity contribution in [2.75, 3.05) is 25.5 Å². The van der Waals surface area contributed by atoms with Crippen molar-refractivity contribution in [1.29, 1.82) is 5.26 Å². The van der Waals surface area contributed by atoms with Gasteiger partial charge in [0.1, 0.15) is 6.29 Å². The molecule has 1 aromatic heterocycles. The normalized spacial score (nSPS) is 10.6. The zero-order chi connectivity index (χ0) is 28.3. The van der Waals surface area contributed by atoms with Gasteiger partial charge in [0.05, 0.1) is 29.7 Å². The molecule has 1 aromatic carbocycles. The monoisotopic (exact) mass is 514 g/mol. The quantitative estimate of drug-likeness (QED) is 0.319. The number of aryl methyl sites for hydroxylation is 1. The first-order valence-corrected chi connectivity index (χ1v) is 11.3. The fourth-order valence-corrected chi connectivity index (χ4v) is 2.70. The van der Waals surface area contributed by atoms with E-state index in [4.69, 9.17) is 11.0 Å². The lowest BCUT2D eigenvalue weighted by atomic mass is 9.64. The lowest BCUT2D eigenvalue weighted by Gasteiger charge is -2.10. The van der Waals surface area contributed by atoms with Crippen LogP contribution < -0.4 is 16.4 Å². The largest absolute Gasteiger partial charge is 0.416 e. The molecule has 2 rings (SSSR count). The number of amides is 1. The lowest BCUT2D eigenvalue weighted by Crippen LogP contribution is -2.31. The summed E-state index contributed by atoms with van der Waals surface area (Å²) < 4.78 is 35.8. The number of nitrogens with one attached hydrogen (secondary N) is 2. The van der Waals surface area contributed by atoms with E-state index >= 15 is 0 Å². The van der Waals surface area contributed by atoms with Crippen molar-refractivity contribution in [3.63, 3.8) is 0 Å². The minimum atomic E-state index is -4.21. The van der Waals surface area contributed by atoms with Crippen molar-refractivity contribution in [3.8, 4) is 5.97 Å². The van der Waals surface area contributed by atoms with Crippen molar-refractivity contribution >= 4 is 37.3 Å². The van der Waals surface area contributed by atoms with Gasteiger partial charge >= 0.3 is 6.18 Å². The first-order chi connectivity index (χ1) is 17.6. The van der Waals surface area contributed by atoms with Crippen LogP contribution in [-0.4, -0.2) is 44.6 Å². The molecule has 11 heteroatoms. The van der Waals surface area contributed by atoms with Crippen LogP contribution in [0.3, 0.4) is 0 Å². The zero-order valence-corrected chi connectivity index (χ0v) is 21.0. The first-order valence-electron chi connectivity index (χ1n) is 11.3. The van der Waals surface area contributed by atoms with E-state index in [0.717, 1.165) is 34.6 Å². The van der Waals surface area contributed by atoms with Crippen LogP contribution >= 0.6 is 0 Å². The molecule has 37 heavy (non-hydrogen) atoms. The van der Waals surface area contributed by atoms with Gasteiger partial charge in [0.25, 0.3) is 7.28 Å². The maximum atomic E-state index is 11.9. The van der Waals surface area contributed by atoms with Gasteiger partial charge in [-0.2, -0.15) is 13.2 Å². The Morgan fingerprint density at radius 3 is 2.38 bits per heavy atom. The number of nitrogens with two attached hydrogens (primary N) is 1. The van der Waals surface area contributed by atoms with Crippen LogP contribution in [-0.2, 0) is 15.8 Å². The molecule has 1 unspecified atom stereocenters. The molecule has 0 aliphatic carbocycles. The molecule has 1 amide bonds. The topological polar surface area (TPSA) is 121 Å². The van der Waals surface area contributed by atoms with Gasteiger partial charge in [-0.1, -0.05) is 36.9 Å². The number of nitrogens with zero attached hydrogens (tertiary/aromatic N) is 2. The molecule has 4 N–H and O–H groups in total. The predicted octanol–water partition coefficient (Wildman–Crippen LogP) is 4.44. The van der Waals surface area contributed by atoms with Crippen LogP contribution in [0.2, 0.25) is 5.82 Å². The Balaban J connectivity index is 0.000000529. The van der Waals surface area contributed by atoms with Crippen LogP contribution in [0.1, 0.15) is 35.2 Å². The maximum absolute atomic E-state index is 11.9. The molecule has 1 heterocycles. The number of benzene rings is 1. The highest BCUT2D eigenvalue weighted by Gasteiger charge is 2.29. The number of anilines is 1. The highest BCUT2D eigenvalue weighted by molar-refractivity contribution is 6.52. The second-order valence-corrected chi connectivity index (χ2v) is 7.47. The average Bonchev–Trinajstić information content (AvgIpc) is 2.89. The standard InChI is InChI=1S/C10H12N2.C8H13BN3O2.C8H7F3/c1-4-8-6-9(11-3)7-12-10(8)5-2;10-3-1-2-7(9-6-11)8(14)12-4-5-13;1-6-2-4-7(5-3-6)8(9,10)11/h4-7,11H,1-2H2,3H3;5,7H,1-4,10H2,(H,12,14);2-5H,1H3. The number of aromatic nitrogens is 1. The van der Waals surface area contributed by atoms with Gasteiger partial charge < -0.3 is 21.2 Å². The third kappa shape index (κ3) is 13.7. The van der Waals surface area contributed by atoms with Crippen LogP contribution in [0.5, 0.6) is 0 Å². The van der Waals surface area contributed by atoms with Gasteiger partial charge in [-0.3, -0.25) is 9.78 Å². The van der Waals surface area contributed by atoms with Crippen LogP contribution in [0.4, 0.5) is 18.9 Å². The van der Waals surface area contributed by atoms with Gasteiger partial charge in [0, 0.05) is 18.4 Å². The second-order valence-electron chi connectivity index (χ2n) is 7.47. The van der Waals surface area contributed by atoms with Gasteiger partial charge in [-0.25, -0.2) is 5.26 Å². The Labute approximate surface area is 216 Å². The average molecular weight is 514 g/mol. The number of halogens is 3.